The molecular weight excluding hydrogens is 228 g/mol. The van der Waals surface area contributed by atoms with Crippen LogP contribution in [-0.2, 0) is 0 Å². The Labute approximate surface area is 77.3 Å². The second kappa shape index (κ2) is 3.36. The number of carbonyl (C=O) groups is 1. The lowest BCUT2D eigenvalue weighted by Gasteiger charge is -1.91. The standard InChI is InChI=1S/C7H7BrO2S/c1-4(9)6-3-5(8)7(10-2)11-6/h3H,1-2H3. The van der Waals surface area contributed by atoms with Crippen molar-refractivity contribution in [1.82, 2.24) is 0 Å². The van der Waals surface area contributed by atoms with Gasteiger partial charge < -0.3 is 4.74 Å². The maximum Gasteiger partial charge on any atom is 0.188 e. The van der Waals surface area contributed by atoms with Gasteiger partial charge in [0.1, 0.15) is 0 Å². The molecule has 0 spiro atoms. The zero-order valence-electron chi connectivity index (χ0n) is 6.18. The summed E-state index contributed by atoms with van der Waals surface area (Å²) in [6.07, 6.45) is 0. The summed E-state index contributed by atoms with van der Waals surface area (Å²) in [5.41, 5.74) is 0. The van der Waals surface area contributed by atoms with E-state index in [1.807, 2.05) is 0 Å². The van der Waals surface area contributed by atoms with Gasteiger partial charge in [-0.05, 0) is 28.9 Å². The van der Waals surface area contributed by atoms with E-state index in [9.17, 15) is 4.79 Å². The van der Waals surface area contributed by atoms with Crippen LogP contribution in [0.15, 0.2) is 10.5 Å². The van der Waals surface area contributed by atoms with Gasteiger partial charge in [0.2, 0.25) is 0 Å². The normalized spacial score (nSPS) is 9.73. The van der Waals surface area contributed by atoms with Crippen LogP contribution in [0.4, 0.5) is 0 Å². The Balaban J connectivity index is 3.05. The molecule has 1 heterocycles. The molecular formula is C7H7BrO2S. The third-order valence-corrected chi connectivity index (χ3v) is 3.24. The van der Waals surface area contributed by atoms with Gasteiger partial charge in [-0.25, -0.2) is 0 Å². The average Bonchev–Trinajstić information content (AvgIpc) is 2.31. The van der Waals surface area contributed by atoms with Gasteiger partial charge in [-0.3, -0.25) is 4.79 Å². The smallest absolute Gasteiger partial charge is 0.188 e. The van der Waals surface area contributed by atoms with Crippen LogP contribution >= 0.6 is 27.3 Å². The molecule has 1 aromatic rings. The largest absolute Gasteiger partial charge is 0.486 e. The number of carbonyl (C=O) groups excluding carboxylic acids is 1. The van der Waals surface area contributed by atoms with Gasteiger partial charge in [0.25, 0.3) is 0 Å². The highest BCUT2D eigenvalue weighted by molar-refractivity contribution is 9.10. The molecule has 0 bridgehead atoms. The molecule has 0 atom stereocenters. The van der Waals surface area contributed by atoms with Gasteiger partial charge >= 0.3 is 0 Å². The minimum Gasteiger partial charge on any atom is -0.486 e. The Hall–Kier alpha value is -0.350. The summed E-state index contributed by atoms with van der Waals surface area (Å²) in [6.45, 7) is 1.54. The van der Waals surface area contributed by atoms with Crippen LogP contribution in [0.3, 0.4) is 0 Å². The summed E-state index contributed by atoms with van der Waals surface area (Å²) >= 11 is 4.63. The van der Waals surface area contributed by atoms with E-state index in [2.05, 4.69) is 15.9 Å². The predicted octanol–water partition coefficient (Wildman–Crippen LogP) is 2.72. The maximum absolute atomic E-state index is 10.9. The first kappa shape index (κ1) is 8.74. The van der Waals surface area contributed by atoms with Crippen LogP contribution in [0.2, 0.25) is 0 Å². The highest BCUT2D eigenvalue weighted by atomic mass is 79.9. The molecule has 0 unspecified atom stereocenters. The summed E-state index contributed by atoms with van der Waals surface area (Å²) in [5.74, 6) is 0.0685. The number of ketones is 1. The van der Waals surface area contributed by atoms with Gasteiger partial charge in [-0.2, -0.15) is 0 Å². The van der Waals surface area contributed by atoms with Gasteiger partial charge in [-0.1, -0.05) is 11.3 Å². The first-order chi connectivity index (χ1) is 5.15. The second-order valence-electron chi connectivity index (χ2n) is 2.01. The molecule has 0 aliphatic heterocycles. The number of methoxy groups -OCH3 is 1. The van der Waals surface area contributed by atoms with E-state index in [0.29, 0.717) is 4.88 Å². The second-order valence-corrected chi connectivity index (χ2v) is 3.88. The molecule has 11 heavy (non-hydrogen) atoms. The third-order valence-electron chi connectivity index (χ3n) is 1.19. The molecule has 0 aliphatic rings. The fourth-order valence-electron chi connectivity index (χ4n) is 0.665. The summed E-state index contributed by atoms with van der Waals surface area (Å²) < 4.78 is 5.84. The number of rotatable bonds is 2. The van der Waals surface area contributed by atoms with Crippen molar-refractivity contribution in [2.75, 3.05) is 7.11 Å². The zero-order chi connectivity index (χ0) is 8.43. The lowest BCUT2D eigenvalue weighted by atomic mass is 10.4. The molecule has 0 aliphatic carbocycles. The zero-order valence-corrected chi connectivity index (χ0v) is 8.58. The lowest BCUT2D eigenvalue weighted by molar-refractivity contribution is 0.102. The van der Waals surface area contributed by atoms with Gasteiger partial charge in [-0.15, -0.1) is 0 Å². The SMILES string of the molecule is COc1sc(C(C)=O)cc1Br. The molecule has 0 saturated carbocycles. The van der Waals surface area contributed by atoms with Crippen LogP contribution in [-0.4, -0.2) is 12.9 Å². The van der Waals surface area contributed by atoms with Crippen LogP contribution in [0.1, 0.15) is 16.6 Å². The fraction of sp³-hybridized carbons (Fsp3) is 0.286. The molecule has 2 nitrogen and oxygen atoms in total. The van der Waals surface area contributed by atoms with Crippen LogP contribution in [0.25, 0.3) is 0 Å². The van der Waals surface area contributed by atoms with E-state index >= 15 is 0 Å². The van der Waals surface area contributed by atoms with E-state index in [1.54, 1.807) is 13.2 Å². The van der Waals surface area contributed by atoms with E-state index in [1.165, 1.54) is 18.3 Å². The molecule has 1 rings (SSSR count). The van der Waals surface area contributed by atoms with Gasteiger partial charge in [0.15, 0.2) is 10.8 Å². The summed E-state index contributed by atoms with van der Waals surface area (Å²) in [6, 6.07) is 1.77. The fourth-order valence-corrected chi connectivity index (χ4v) is 2.21. The average molecular weight is 235 g/mol. The highest BCUT2D eigenvalue weighted by Crippen LogP contribution is 2.34. The summed E-state index contributed by atoms with van der Waals surface area (Å²) in [5, 5.41) is 0.746. The van der Waals surface area contributed by atoms with E-state index in [-0.39, 0.29) is 5.78 Å². The Morgan fingerprint density at radius 3 is 2.64 bits per heavy atom. The maximum atomic E-state index is 10.9. The molecule has 0 saturated heterocycles. The topological polar surface area (TPSA) is 26.3 Å². The Morgan fingerprint density at radius 2 is 2.36 bits per heavy atom. The predicted molar refractivity (Wildman–Crippen MR) is 48.6 cm³/mol. The molecule has 0 fully saturated rings. The number of hydrogen-bond donors (Lipinski definition) is 0. The number of Topliss-reactive ketones (excluding diaryl/α,β-unsaturated/α-hetero) is 1. The molecule has 1 aromatic heterocycles. The van der Waals surface area contributed by atoms with Crippen molar-refractivity contribution in [3.05, 3.63) is 15.4 Å². The third kappa shape index (κ3) is 1.81. The first-order valence-corrected chi connectivity index (χ1v) is 4.60. The monoisotopic (exact) mass is 234 g/mol. The highest BCUT2D eigenvalue weighted by Gasteiger charge is 2.09. The number of ether oxygens (including phenoxy) is 1. The van der Waals surface area contributed by atoms with Crippen LogP contribution in [0, 0.1) is 0 Å². The van der Waals surface area contributed by atoms with Crippen molar-refractivity contribution in [1.29, 1.82) is 0 Å². The molecule has 60 valence electrons. The quantitative estimate of drug-likeness (QED) is 0.736. The Kier molecular flexibility index (Phi) is 2.67. The lowest BCUT2D eigenvalue weighted by Crippen LogP contribution is -1.83. The van der Waals surface area contributed by atoms with Crippen molar-refractivity contribution in [2.24, 2.45) is 0 Å². The first-order valence-electron chi connectivity index (χ1n) is 2.99. The number of thiophene rings is 1. The molecule has 0 N–H and O–H groups in total. The van der Waals surface area contributed by atoms with E-state index in [0.717, 1.165) is 9.54 Å². The molecule has 4 heteroatoms. The van der Waals surface area contributed by atoms with Crippen molar-refractivity contribution in [3.63, 3.8) is 0 Å². The van der Waals surface area contributed by atoms with E-state index in [4.69, 9.17) is 4.74 Å². The Morgan fingerprint density at radius 1 is 1.73 bits per heavy atom. The van der Waals surface area contributed by atoms with Crippen LogP contribution < -0.4 is 4.74 Å². The Bertz CT molecular complexity index is 280. The molecule has 0 aromatic carbocycles. The summed E-state index contributed by atoms with van der Waals surface area (Å²) in [4.78, 5) is 11.6. The van der Waals surface area contributed by atoms with Crippen molar-refractivity contribution >= 4 is 33.0 Å². The molecule has 0 amide bonds. The minimum atomic E-state index is 0.0685. The van der Waals surface area contributed by atoms with E-state index < -0.39 is 0 Å². The number of hydrogen-bond acceptors (Lipinski definition) is 3. The van der Waals surface area contributed by atoms with Gasteiger partial charge in [0, 0.05) is 0 Å². The van der Waals surface area contributed by atoms with Crippen molar-refractivity contribution in [3.8, 4) is 5.06 Å². The minimum absolute atomic E-state index is 0.0685. The van der Waals surface area contributed by atoms with Gasteiger partial charge in [0.05, 0.1) is 16.5 Å². The van der Waals surface area contributed by atoms with Crippen molar-refractivity contribution in [2.45, 2.75) is 6.92 Å². The summed E-state index contributed by atoms with van der Waals surface area (Å²) in [7, 11) is 1.58. The number of halogens is 1. The molecule has 0 radical (unpaired) electrons. The van der Waals surface area contributed by atoms with Crippen LogP contribution in [0.5, 0.6) is 5.06 Å². The van der Waals surface area contributed by atoms with Crippen molar-refractivity contribution < 1.29 is 9.53 Å².